The number of hydrogen-bond donors (Lipinski definition) is 1. The van der Waals surface area contributed by atoms with Crippen molar-refractivity contribution in [2.45, 2.75) is 18.6 Å². The Hall–Kier alpha value is -4.36. The number of ether oxygens (including phenoxy) is 1. The molecule has 0 aliphatic rings. The van der Waals surface area contributed by atoms with Crippen LogP contribution in [-0.4, -0.2) is 27.4 Å². The number of hydrogen-bond acceptors (Lipinski definition) is 5. The SMILES string of the molecule is Cc1ccc(Cn2c(SCC(=O)NN=Cc3cccc(Oc4ccccc4)c3)nc3ccccc32)cc1. The zero-order valence-electron chi connectivity index (χ0n) is 20.4. The van der Waals surface area contributed by atoms with Crippen LogP contribution in [0.25, 0.3) is 11.0 Å². The second-order valence-corrected chi connectivity index (χ2v) is 9.47. The van der Waals surface area contributed by atoms with Gasteiger partial charge in [0.05, 0.1) is 29.5 Å². The molecule has 0 spiro atoms. The molecule has 184 valence electrons. The molecule has 0 aliphatic carbocycles. The molecular formula is C30H26N4O2S. The van der Waals surface area contributed by atoms with Gasteiger partial charge in [0.25, 0.3) is 5.91 Å². The fraction of sp³-hybridized carbons (Fsp3) is 0.100. The average molecular weight is 507 g/mol. The summed E-state index contributed by atoms with van der Waals surface area (Å²) in [5.41, 5.74) is 7.79. The first-order valence-electron chi connectivity index (χ1n) is 11.9. The zero-order valence-corrected chi connectivity index (χ0v) is 21.2. The molecule has 1 N–H and O–H groups in total. The fourth-order valence-electron chi connectivity index (χ4n) is 3.82. The molecule has 5 rings (SSSR count). The summed E-state index contributed by atoms with van der Waals surface area (Å²) in [6.45, 7) is 2.76. The summed E-state index contributed by atoms with van der Waals surface area (Å²) in [6, 6.07) is 33.6. The van der Waals surface area contributed by atoms with Gasteiger partial charge in [0.15, 0.2) is 5.16 Å². The van der Waals surface area contributed by atoms with Gasteiger partial charge >= 0.3 is 0 Å². The van der Waals surface area contributed by atoms with Crippen LogP contribution in [0, 0.1) is 6.92 Å². The van der Waals surface area contributed by atoms with E-state index in [-0.39, 0.29) is 11.7 Å². The van der Waals surface area contributed by atoms with Gasteiger partial charge in [0.1, 0.15) is 11.5 Å². The molecule has 5 aromatic rings. The number of aryl methyl sites for hydroxylation is 1. The first-order chi connectivity index (χ1) is 18.1. The van der Waals surface area contributed by atoms with Gasteiger partial charge in [-0.05, 0) is 54.4 Å². The molecule has 1 aromatic heterocycles. The third-order valence-corrected chi connectivity index (χ3v) is 6.63. The highest BCUT2D eigenvalue weighted by Gasteiger charge is 2.13. The number of benzene rings is 4. The highest BCUT2D eigenvalue weighted by Crippen LogP contribution is 2.25. The molecule has 0 bridgehead atoms. The van der Waals surface area contributed by atoms with Crippen LogP contribution in [-0.2, 0) is 11.3 Å². The number of carbonyl (C=O) groups excluding carboxylic acids is 1. The van der Waals surface area contributed by atoms with Crippen molar-refractivity contribution < 1.29 is 9.53 Å². The number of amides is 1. The molecule has 0 fully saturated rings. The number of carbonyl (C=O) groups is 1. The van der Waals surface area contributed by atoms with Gasteiger partial charge in [-0.1, -0.05) is 84.1 Å². The van der Waals surface area contributed by atoms with E-state index in [0.717, 1.165) is 27.5 Å². The van der Waals surface area contributed by atoms with Crippen LogP contribution >= 0.6 is 11.8 Å². The number of nitrogens with one attached hydrogen (secondary N) is 1. The molecular weight excluding hydrogens is 480 g/mol. The van der Waals surface area contributed by atoms with Crippen molar-refractivity contribution in [2.24, 2.45) is 5.10 Å². The number of fused-ring (bicyclic) bond motifs is 1. The fourth-order valence-corrected chi connectivity index (χ4v) is 4.62. The first kappa shape index (κ1) is 24.3. The van der Waals surface area contributed by atoms with Crippen LogP contribution in [0.4, 0.5) is 0 Å². The van der Waals surface area contributed by atoms with Gasteiger partial charge in [-0.25, -0.2) is 10.4 Å². The minimum absolute atomic E-state index is 0.200. The van der Waals surface area contributed by atoms with E-state index in [2.05, 4.69) is 52.3 Å². The van der Waals surface area contributed by atoms with E-state index < -0.39 is 0 Å². The Morgan fingerprint density at radius 2 is 1.70 bits per heavy atom. The van der Waals surface area contributed by atoms with Crippen LogP contribution in [0.5, 0.6) is 11.5 Å². The second-order valence-electron chi connectivity index (χ2n) is 8.52. The molecule has 0 unspecified atom stereocenters. The van der Waals surface area contributed by atoms with Gasteiger partial charge in [-0.2, -0.15) is 5.10 Å². The minimum Gasteiger partial charge on any atom is -0.457 e. The minimum atomic E-state index is -0.202. The van der Waals surface area contributed by atoms with Gasteiger partial charge in [0, 0.05) is 0 Å². The molecule has 1 heterocycles. The average Bonchev–Trinajstić information content (AvgIpc) is 3.27. The van der Waals surface area contributed by atoms with Gasteiger partial charge in [0.2, 0.25) is 0 Å². The largest absolute Gasteiger partial charge is 0.457 e. The normalized spacial score (nSPS) is 11.2. The Kier molecular flexibility index (Phi) is 7.62. The number of para-hydroxylation sites is 3. The lowest BCUT2D eigenvalue weighted by Gasteiger charge is -2.09. The number of thioether (sulfide) groups is 1. The van der Waals surface area contributed by atoms with Gasteiger partial charge in [-0.3, -0.25) is 4.79 Å². The van der Waals surface area contributed by atoms with E-state index in [1.807, 2.05) is 72.8 Å². The maximum absolute atomic E-state index is 12.5. The number of hydrazone groups is 1. The Morgan fingerprint density at radius 1 is 0.946 bits per heavy atom. The predicted octanol–water partition coefficient (Wildman–Crippen LogP) is 6.43. The van der Waals surface area contributed by atoms with Crippen LogP contribution in [0.1, 0.15) is 16.7 Å². The van der Waals surface area contributed by atoms with Crippen molar-refractivity contribution in [1.82, 2.24) is 15.0 Å². The Bertz CT molecular complexity index is 1530. The van der Waals surface area contributed by atoms with Crippen molar-refractivity contribution in [1.29, 1.82) is 0 Å². The summed E-state index contributed by atoms with van der Waals surface area (Å²) in [6.07, 6.45) is 1.60. The third-order valence-electron chi connectivity index (χ3n) is 5.65. The monoisotopic (exact) mass is 506 g/mol. The molecule has 4 aromatic carbocycles. The maximum Gasteiger partial charge on any atom is 0.250 e. The molecule has 1 amide bonds. The number of imidazole rings is 1. The summed E-state index contributed by atoms with van der Waals surface area (Å²) in [5.74, 6) is 1.46. The molecule has 0 aliphatic heterocycles. The molecule has 0 radical (unpaired) electrons. The van der Waals surface area contributed by atoms with Crippen molar-refractivity contribution >= 4 is 34.9 Å². The van der Waals surface area contributed by atoms with Crippen LogP contribution in [0.15, 0.2) is 113 Å². The number of rotatable bonds is 9. The third kappa shape index (κ3) is 6.45. The van der Waals surface area contributed by atoms with Crippen molar-refractivity contribution in [3.63, 3.8) is 0 Å². The Balaban J connectivity index is 1.21. The molecule has 0 atom stereocenters. The lowest BCUT2D eigenvalue weighted by molar-refractivity contribution is -0.118. The highest BCUT2D eigenvalue weighted by atomic mass is 32.2. The molecule has 37 heavy (non-hydrogen) atoms. The van der Waals surface area contributed by atoms with Crippen molar-refractivity contribution in [3.05, 3.63) is 120 Å². The van der Waals surface area contributed by atoms with Crippen LogP contribution in [0.3, 0.4) is 0 Å². The standard InChI is InChI=1S/C30H26N4O2S/c1-22-14-16-23(17-15-22)20-34-28-13-6-5-12-27(28)32-30(34)37-21-29(35)33-31-19-24-8-7-11-26(18-24)36-25-9-3-2-4-10-25/h2-19H,20-21H2,1H3,(H,33,35). The summed E-state index contributed by atoms with van der Waals surface area (Å²) in [4.78, 5) is 17.3. The highest BCUT2D eigenvalue weighted by molar-refractivity contribution is 7.99. The van der Waals surface area contributed by atoms with Crippen LogP contribution in [0.2, 0.25) is 0 Å². The zero-order chi connectivity index (χ0) is 25.5. The summed E-state index contributed by atoms with van der Waals surface area (Å²) in [5, 5.41) is 4.92. The number of nitrogens with zero attached hydrogens (tertiary/aromatic N) is 3. The topological polar surface area (TPSA) is 68.5 Å². The maximum atomic E-state index is 12.5. The van der Waals surface area contributed by atoms with E-state index in [9.17, 15) is 4.79 Å². The van der Waals surface area contributed by atoms with Crippen molar-refractivity contribution in [3.8, 4) is 11.5 Å². The molecule has 7 heteroatoms. The Morgan fingerprint density at radius 3 is 2.54 bits per heavy atom. The molecule has 0 saturated carbocycles. The van der Waals surface area contributed by atoms with Gasteiger partial charge < -0.3 is 9.30 Å². The molecule has 0 saturated heterocycles. The summed E-state index contributed by atoms with van der Waals surface area (Å²) >= 11 is 1.40. The van der Waals surface area contributed by atoms with E-state index in [1.54, 1.807) is 6.21 Å². The lowest BCUT2D eigenvalue weighted by Crippen LogP contribution is -2.20. The smallest absolute Gasteiger partial charge is 0.250 e. The predicted molar refractivity (Wildman–Crippen MR) is 149 cm³/mol. The quantitative estimate of drug-likeness (QED) is 0.142. The molecule has 6 nitrogen and oxygen atoms in total. The summed E-state index contributed by atoms with van der Waals surface area (Å²) < 4.78 is 8.01. The number of aromatic nitrogens is 2. The first-order valence-corrected chi connectivity index (χ1v) is 12.9. The van der Waals surface area contributed by atoms with E-state index >= 15 is 0 Å². The lowest BCUT2D eigenvalue weighted by atomic mass is 10.1. The van der Waals surface area contributed by atoms with Crippen LogP contribution < -0.4 is 10.2 Å². The second kappa shape index (κ2) is 11.6. The van der Waals surface area contributed by atoms with E-state index in [1.165, 1.54) is 22.9 Å². The van der Waals surface area contributed by atoms with Gasteiger partial charge in [-0.15, -0.1) is 0 Å². The summed E-state index contributed by atoms with van der Waals surface area (Å²) in [7, 11) is 0. The van der Waals surface area contributed by atoms with E-state index in [0.29, 0.717) is 12.3 Å². The Labute approximate surface area is 220 Å². The van der Waals surface area contributed by atoms with Crippen molar-refractivity contribution in [2.75, 3.05) is 5.75 Å². The van der Waals surface area contributed by atoms with E-state index in [4.69, 9.17) is 9.72 Å².